The number of hydrogen-bond acceptors (Lipinski definition) is 4. The van der Waals surface area contributed by atoms with Gasteiger partial charge in [0.15, 0.2) is 0 Å². The summed E-state index contributed by atoms with van der Waals surface area (Å²) in [4.78, 5) is 18.2. The number of carbonyl (C=O) groups excluding carboxylic acids is 1. The molecule has 0 saturated carbocycles. The number of benzene rings is 1. The predicted octanol–water partition coefficient (Wildman–Crippen LogP) is 0.803. The van der Waals surface area contributed by atoms with E-state index in [0.29, 0.717) is 6.54 Å². The number of hydrogen-bond donors (Lipinski definition) is 1. The SMILES string of the molecule is CC1CN(C(=O)Cn2cncn2)c2ccccc2CN1. The molecule has 1 amide bonds. The van der Waals surface area contributed by atoms with Gasteiger partial charge in [-0.2, -0.15) is 5.10 Å². The van der Waals surface area contributed by atoms with Crippen molar-refractivity contribution in [3.63, 3.8) is 0 Å². The fraction of sp³-hybridized carbons (Fsp3) is 0.357. The molecule has 1 unspecified atom stereocenters. The van der Waals surface area contributed by atoms with Crippen molar-refractivity contribution in [3.05, 3.63) is 42.5 Å². The predicted molar refractivity (Wildman–Crippen MR) is 75.1 cm³/mol. The summed E-state index contributed by atoms with van der Waals surface area (Å²) in [5.41, 5.74) is 2.12. The van der Waals surface area contributed by atoms with Gasteiger partial charge in [-0.1, -0.05) is 18.2 Å². The Morgan fingerprint density at radius 3 is 3.10 bits per heavy atom. The third-order valence-electron chi connectivity index (χ3n) is 3.44. The molecule has 1 aromatic heterocycles. The molecule has 0 saturated heterocycles. The van der Waals surface area contributed by atoms with E-state index < -0.39 is 0 Å². The van der Waals surface area contributed by atoms with Crippen molar-refractivity contribution in [3.8, 4) is 0 Å². The molecule has 1 aliphatic rings. The van der Waals surface area contributed by atoms with Gasteiger partial charge in [-0.3, -0.25) is 4.79 Å². The first-order valence-electron chi connectivity index (χ1n) is 6.68. The Morgan fingerprint density at radius 2 is 2.30 bits per heavy atom. The lowest BCUT2D eigenvalue weighted by molar-refractivity contribution is -0.119. The number of para-hydroxylation sites is 1. The zero-order chi connectivity index (χ0) is 13.9. The summed E-state index contributed by atoms with van der Waals surface area (Å²) in [7, 11) is 0. The molecule has 1 aromatic carbocycles. The Morgan fingerprint density at radius 1 is 1.45 bits per heavy atom. The second kappa shape index (κ2) is 5.42. The summed E-state index contributed by atoms with van der Waals surface area (Å²) in [5, 5.41) is 7.41. The molecule has 104 valence electrons. The van der Waals surface area contributed by atoms with E-state index in [9.17, 15) is 4.79 Å². The van der Waals surface area contributed by atoms with Crippen molar-refractivity contribution in [2.45, 2.75) is 26.1 Å². The van der Waals surface area contributed by atoms with Crippen LogP contribution in [0.1, 0.15) is 12.5 Å². The molecule has 0 radical (unpaired) electrons. The van der Waals surface area contributed by atoms with E-state index in [1.54, 1.807) is 11.0 Å². The molecule has 0 aliphatic carbocycles. The van der Waals surface area contributed by atoms with Gasteiger partial charge in [0.05, 0.1) is 0 Å². The smallest absolute Gasteiger partial charge is 0.248 e. The van der Waals surface area contributed by atoms with Crippen LogP contribution in [0.25, 0.3) is 0 Å². The number of aromatic nitrogens is 3. The van der Waals surface area contributed by atoms with Crippen LogP contribution in [-0.4, -0.2) is 33.3 Å². The second-order valence-corrected chi connectivity index (χ2v) is 5.01. The number of rotatable bonds is 2. The highest BCUT2D eigenvalue weighted by atomic mass is 16.2. The van der Waals surface area contributed by atoms with E-state index in [1.165, 1.54) is 6.33 Å². The average Bonchev–Trinajstić information content (AvgIpc) is 2.89. The van der Waals surface area contributed by atoms with Crippen LogP contribution in [-0.2, 0) is 17.9 Å². The van der Waals surface area contributed by atoms with Crippen LogP contribution in [0.4, 0.5) is 5.69 Å². The summed E-state index contributed by atoms with van der Waals surface area (Å²) in [6.07, 6.45) is 3.00. The zero-order valence-electron chi connectivity index (χ0n) is 11.4. The first-order chi connectivity index (χ1) is 9.74. The fourth-order valence-electron chi connectivity index (χ4n) is 2.42. The lowest BCUT2D eigenvalue weighted by Gasteiger charge is -2.24. The summed E-state index contributed by atoms with van der Waals surface area (Å²) in [6, 6.07) is 8.26. The van der Waals surface area contributed by atoms with E-state index in [2.05, 4.69) is 28.4 Å². The normalized spacial score (nSPS) is 18.4. The molecule has 6 heteroatoms. The zero-order valence-corrected chi connectivity index (χ0v) is 11.4. The minimum absolute atomic E-state index is 0.0264. The van der Waals surface area contributed by atoms with Crippen LogP contribution in [0.15, 0.2) is 36.9 Å². The van der Waals surface area contributed by atoms with E-state index in [1.807, 2.05) is 23.1 Å². The van der Waals surface area contributed by atoms with Crippen LogP contribution in [0.5, 0.6) is 0 Å². The van der Waals surface area contributed by atoms with Gasteiger partial charge in [-0.25, -0.2) is 9.67 Å². The quantitative estimate of drug-likeness (QED) is 0.877. The minimum Gasteiger partial charge on any atom is -0.309 e. The van der Waals surface area contributed by atoms with Crippen LogP contribution < -0.4 is 10.2 Å². The van der Waals surface area contributed by atoms with Crippen molar-refractivity contribution >= 4 is 11.6 Å². The molecular formula is C14H17N5O. The van der Waals surface area contributed by atoms with Crippen molar-refractivity contribution in [1.82, 2.24) is 20.1 Å². The molecule has 1 N–H and O–H groups in total. The maximum atomic E-state index is 12.5. The Balaban J connectivity index is 1.88. The van der Waals surface area contributed by atoms with E-state index in [-0.39, 0.29) is 18.5 Å². The molecule has 3 rings (SSSR count). The monoisotopic (exact) mass is 271 g/mol. The van der Waals surface area contributed by atoms with Crippen molar-refractivity contribution < 1.29 is 4.79 Å². The second-order valence-electron chi connectivity index (χ2n) is 5.01. The van der Waals surface area contributed by atoms with E-state index >= 15 is 0 Å². The summed E-state index contributed by atoms with van der Waals surface area (Å²) in [5.74, 6) is 0.0264. The number of anilines is 1. The largest absolute Gasteiger partial charge is 0.309 e. The van der Waals surface area contributed by atoms with Gasteiger partial charge in [0.1, 0.15) is 19.2 Å². The molecule has 20 heavy (non-hydrogen) atoms. The first-order valence-corrected chi connectivity index (χ1v) is 6.68. The van der Waals surface area contributed by atoms with Gasteiger partial charge in [-0.05, 0) is 18.6 Å². The summed E-state index contributed by atoms with van der Waals surface area (Å²) < 4.78 is 1.55. The van der Waals surface area contributed by atoms with Crippen molar-refractivity contribution in [2.24, 2.45) is 0 Å². The van der Waals surface area contributed by atoms with Gasteiger partial charge < -0.3 is 10.2 Å². The number of nitrogens with one attached hydrogen (secondary N) is 1. The van der Waals surface area contributed by atoms with Crippen molar-refractivity contribution in [2.75, 3.05) is 11.4 Å². The molecule has 6 nitrogen and oxygen atoms in total. The minimum atomic E-state index is 0.0264. The molecule has 0 spiro atoms. The van der Waals surface area contributed by atoms with Gasteiger partial charge in [-0.15, -0.1) is 0 Å². The summed E-state index contributed by atoms with van der Waals surface area (Å²) >= 11 is 0. The number of amides is 1. The third-order valence-corrected chi connectivity index (χ3v) is 3.44. The Labute approximate surface area is 117 Å². The van der Waals surface area contributed by atoms with Gasteiger partial charge >= 0.3 is 0 Å². The maximum absolute atomic E-state index is 12.5. The molecule has 2 heterocycles. The highest BCUT2D eigenvalue weighted by Crippen LogP contribution is 2.23. The highest BCUT2D eigenvalue weighted by molar-refractivity contribution is 5.94. The topological polar surface area (TPSA) is 63.1 Å². The maximum Gasteiger partial charge on any atom is 0.248 e. The molecule has 1 aliphatic heterocycles. The van der Waals surface area contributed by atoms with Gasteiger partial charge in [0.25, 0.3) is 0 Å². The number of carbonyl (C=O) groups is 1. The number of fused-ring (bicyclic) bond motifs is 1. The summed E-state index contributed by atoms with van der Waals surface area (Å²) in [6.45, 7) is 3.73. The Kier molecular flexibility index (Phi) is 3.47. The molecular weight excluding hydrogens is 254 g/mol. The third kappa shape index (κ3) is 2.55. The first kappa shape index (κ1) is 12.8. The van der Waals surface area contributed by atoms with Crippen LogP contribution >= 0.6 is 0 Å². The van der Waals surface area contributed by atoms with Crippen LogP contribution in [0, 0.1) is 0 Å². The average molecular weight is 271 g/mol. The Bertz CT molecular complexity index is 595. The standard InChI is InChI=1S/C14H17N5O/c1-11-7-19(14(20)8-18-10-15-9-17-18)13-5-3-2-4-12(13)6-16-11/h2-5,9-11,16H,6-8H2,1H3. The van der Waals surface area contributed by atoms with E-state index in [4.69, 9.17) is 0 Å². The molecule has 1 atom stereocenters. The van der Waals surface area contributed by atoms with Crippen molar-refractivity contribution in [1.29, 1.82) is 0 Å². The number of nitrogens with zero attached hydrogens (tertiary/aromatic N) is 4. The molecule has 0 bridgehead atoms. The van der Waals surface area contributed by atoms with Gasteiger partial charge in [0.2, 0.25) is 5.91 Å². The lowest BCUT2D eigenvalue weighted by atomic mass is 10.1. The highest BCUT2D eigenvalue weighted by Gasteiger charge is 2.23. The molecule has 2 aromatic rings. The molecule has 0 fully saturated rings. The van der Waals surface area contributed by atoms with E-state index in [0.717, 1.165) is 17.8 Å². The van der Waals surface area contributed by atoms with Gasteiger partial charge in [0, 0.05) is 24.8 Å². The van der Waals surface area contributed by atoms with Crippen LogP contribution in [0.3, 0.4) is 0 Å². The van der Waals surface area contributed by atoms with Crippen LogP contribution in [0.2, 0.25) is 0 Å². The Hall–Kier alpha value is -2.21. The lowest BCUT2D eigenvalue weighted by Crippen LogP contribution is -2.41. The fourth-order valence-corrected chi connectivity index (χ4v) is 2.42.